The lowest BCUT2D eigenvalue weighted by molar-refractivity contribution is 0.389. The van der Waals surface area contributed by atoms with Crippen molar-refractivity contribution in [1.82, 2.24) is 9.97 Å². The van der Waals surface area contributed by atoms with Crippen LogP contribution in [0.2, 0.25) is 0 Å². The second-order valence-electron chi connectivity index (χ2n) is 5.07. The van der Waals surface area contributed by atoms with E-state index in [2.05, 4.69) is 16.0 Å². The van der Waals surface area contributed by atoms with E-state index in [0.717, 1.165) is 37.1 Å². The van der Waals surface area contributed by atoms with Crippen LogP contribution >= 0.6 is 11.8 Å². The van der Waals surface area contributed by atoms with Crippen molar-refractivity contribution in [2.24, 2.45) is 11.7 Å². The molecule has 19 heavy (non-hydrogen) atoms. The van der Waals surface area contributed by atoms with Crippen molar-refractivity contribution in [2.45, 2.75) is 43.3 Å². The Bertz CT molecular complexity index is 550. The van der Waals surface area contributed by atoms with Crippen LogP contribution in [0.3, 0.4) is 0 Å². The van der Waals surface area contributed by atoms with Gasteiger partial charge < -0.3 is 10.7 Å². The number of nitrogens with zero attached hydrogens (tertiary/aromatic N) is 2. The summed E-state index contributed by atoms with van der Waals surface area (Å²) >= 11 is 1.52. The van der Waals surface area contributed by atoms with Gasteiger partial charge in [-0.25, -0.2) is 4.98 Å². The van der Waals surface area contributed by atoms with Crippen LogP contribution in [-0.4, -0.2) is 21.3 Å². The average Bonchev–Trinajstić information content (AvgIpc) is 2.71. The fourth-order valence-corrected chi connectivity index (χ4v) is 3.55. The first-order chi connectivity index (χ1) is 9.03. The van der Waals surface area contributed by atoms with Gasteiger partial charge in [0.2, 0.25) is 0 Å². The summed E-state index contributed by atoms with van der Waals surface area (Å²) < 4.78 is 0. The molecule has 0 spiro atoms. The van der Waals surface area contributed by atoms with E-state index >= 15 is 0 Å². The Balaban J connectivity index is 1.90. The summed E-state index contributed by atoms with van der Waals surface area (Å²) in [6.45, 7) is 1.80. The Labute approximate surface area is 116 Å². The Morgan fingerprint density at radius 2 is 2.53 bits per heavy atom. The van der Waals surface area contributed by atoms with Crippen molar-refractivity contribution < 1.29 is 0 Å². The average molecular weight is 278 g/mol. The highest BCUT2D eigenvalue weighted by Crippen LogP contribution is 2.36. The first kappa shape index (κ1) is 14.1. The molecule has 1 aliphatic carbocycles. The summed E-state index contributed by atoms with van der Waals surface area (Å²) in [6, 6.07) is 3.73. The van der Waals surface area contributed by atoms with Crippen LogP contribution in [-0.2, 0) is 0 Å². The summed E-state index contributed by atoms with van der Waals surface area (Å²) in [6.07, 6.45) is 3.71. The van der Waals surface area contributed by atoms with Crippen LogP contribution in [0, 0.1) is 24.2 Å². The number of rotatable bonds is 4. The van der Waals surface area contributed by atoms with Crippen molar-refractivity contribution in [3.05, 3.63) is 22.1 Å². The highest BCUT2D eigenvalue weighted by Gasteiger charge is 2.39. The van der Waals surface area contributed by atoms with Crippen LogP contribution in [0.25, 0.3) is 0 Å². The van der Waals surface area contributed by atoms with Crippen molar-refractivity contribution in [3.8, 4) is 6.07 Å². The molecule has 1 fully saturated rings. The summed E-state index contributed by atoms with van der Waals surface area (Å²) in [5.41, 5.74) is 6.02. The molecule has 0 saturated heterocycles. The number of nitriles is 1. The number of nitrogens with two attached hydrogens (primary N) is 1. The number of aromatic nitrogens is 2. The summed E-state index contributed by atoms with van der Waals surface area (Å²) in [7, 11) is 0. The predicted molar refractivity (Wildman–Crippen MR) is 74.8 cm³/mol. The maximum absolute atomic E-state index is 11.3. The summed E-state index contributed by atoms with van der Waals surface area (Å²) in [4.78, 5) is 18.3. The molecule has 1 aliphatic rings. The molecule has 1 heterocycles. The molecule has 0 radical (unpaired) electrons. The molecule has 1 aromatic heterocycles. The molecule has 6 heteroatoms. The van der Waals surface area contributed by atoms with E-state index in [1.54, 1.807) is 6.92 Å². The minimum atomic E-state index is -0.659. The zero-order valence-electron chi connectivity index (χ0n) is 11.0. The second-order valence-corrected chi connectivity index (χ2v) is 6.15. The van der Waals surface area contributed by atoms with Gasteiger partial charge in [-0.3, -0.25) is 4.79 Å². The zero-order chi connectivity index (χ0) is 13.9. The highest BCUT2D eigenvalue weighted by molar-refractivity contribution is 7.99. The van der Waals surface area contributed by atoms with Gasteiger partial charge in [-0.15, -0.1) is 0 Å². The monoisotopic (exact) mass is 278 g/mol. The van der Waals surface area contributed by atoms with Gasteiger partial charge in [-0.05, 0) is 32.1 Å². The molecule has 1 saturated carbocycles. The molecular formula is C13H18N4OS. The lowest BCUT2D eigenvalue weighted by Gasteiger charge is -2.23. The lowest BCUT2D eigenvalue weighted by atomic mass is 9.88. The predicted octanol–water partition coefficient (Wildman–Crippen LogP) is 1.58. The number of hydrogen-bond donors (Lipinski definition) is 2. The Morgan fingerprint density at radius 3 is 3.21 bits per heavy atom. The van der Waals surface area contributed by atoms with Crippen LogP contribution in [0.1, 0.15) is 31.4 Å². The maximum atomic E-state index is 11.3. The van der Waals surface area contributed by atoms with Gasteiger partial charge in [0.15, 0.2) is 5.16 Å². The third-order valence-corrected chi connectivity index (χ3v) is 4.54. The second kappa shape index (κ2) is 5.76. The Hall–Kier alpha value is -1.32. The van der Waals surface area contributed by atoms with E-state index in [9.17, 15) is 4.79 Å². The van der Waals surface area contributed by atoms with Crippen LogP contribution in [0.5, 0.6) is 0 Å². The number of thioether (sulfide) groups is 1. The molecule has 0 aromatic carbocycles. The number of nitrogens with one attached hydrogen (secondary N) is 1. The van der Waals surface area contributed by atoms with Gasteiger partial charge >= 0.3 is 0 Å². The van der Waals surface area contributed by atoms with Crippen LogP contribution < -0.4 is 11.3 Å². The number of aromatic amines is 1. The third kappa shape index (κ3) is 3.37. The smallest absolute Gasteiger partial charge is 0.251 e. The van der Waals surface area contributed by atoms with Gasteiger partial charge in [0.1, 0.15) is 5.54 Å². The Kier molecular flexibility index (Phi) is 4.27. The van der Waals surface area contributed by atoms with Crippen LogP contribution in [0.4, 0.5) is 0 Å². The minimum Gasteiger partial charge on any atom is -0.313 e. The number of aryl methyl sites for hydroxylation is 1. The van der Waals surface area contributed by atoms with Gasteiger partial charge in [0, 0.05) is 17.5 Å². The first-order valence-corrected chi connectivity index (χ1v) is 7.43. The SMILES string of the molecule is Cc1cc(=O)[nH]c(SCCC2CCCC2(N)C#N)n1. The molecule has 2 rings (SSSR count). The topological polar surface area (TPSA) is 95.6 Å². The van der Waals surface area contributed by atoms with Gasteiger partial charge in [0.05, 0.1) is 6.07 Å². The molecular weight excluding hydrogens is 260 g/mol. The van der Waals surface area contributed by atoms with Crippen LogP contribution in [0.15, 0.2) is 16.0 Å². The van der Waals surface area contributed by atoms with Crippen molar-refractivity contribution in [3.63, 3.8) is 0 Å². The van der Waals surface area contributed by atoms with Crippen molar-refractivity contribution in [2.75, 3.05) is 5.75 Å². The van der Waals surface area contributed by atoms with E-state index in [1.165, 1.54) is 17.8 Å². The molecule has 102 valence electrons. The summed E-state index contributed by atoms with van der Waals surface area (Å²) in [5.74, 6) is 1.07. The van der Waals surface area contributed by atoms with E-state index in [-0.39, 0.29) is 11.5 Å². The molecule has 0 aliphatic heterocycles. The first-order valence-electron chi connectivity index (χ1n) is 6.44. The molecule has 2 atom stereocenters. The van der Waals surface area contributed by atoms with E-state index in [1.807, 2.05) is 0 Å². The fourth-order valence-electron chi connectivity index (χ4n) is 2.57. The van der Waals surface area contributed by atoms with Gasteiger partial charge in [-0.1, -0.05) is 18.2 Å². The number of hydrogen-bond acceptors (Lipinski definition) is 5. The molecule has 0 bridgehead atoms. The fraction of sp³-hybridized carbons (Fsp3) is 0.615. The van der Waals surface area contributed by atoms with E-state index < -0.39 is 5.54 Å². The van der Waals surface area contributed by atoms with Crippen molar-refractivity contribution in [1.29, 1.82) is 5.26 Å². The standard InChI is InChI=1S/C13H18N4OS/c1-9-7-11(18)17-12(16-9)19-6-4-10-3-2-5-13(10,15)8-14/h7,10H,2-6,15H2,1H3,(H,16,17,18). The molecule has 5 nitrogen and oxygen atoms in total. The molecule has 2 unspecified atom stereocenters. The van der Waals surface area contributed by atoms with Crippen molar-refractivity contribution >= 4 is 11.8 Å². The normalized spacial score (nSPS) is 26.3. The zero-order valence-corrected chi connectivity index (χ0v) is 11.8. The molecule has 0 amide bonds. The summed E-state index contributed by atoms with van der Waals surface area (Å²) in [5, 5.41) is 9.78. The van der Waals surface area contributed by atoms with E-state index in [0.29, 0.717) is 5.16 Å². The minimum absolute atomic E-state index is 0.124. The lowest BCUT2D eigenvalue weighted by Crippen LogP contribution is -2.41. The largest absolute Gasteiger partial charge is 0.313 e. The third-order valence-electron chi connectivity index (χ3n) is 3.63. The number of H-pyrrole nitrogens is 1. The Morgan fingerprint density at radius 1 is 1.74 bits per heavy atom. The van der Waals surface area contributed by atoms with Gasteiger partial charge in [-0.2, -0.15) is 5.26 Å². The maximum Gasteiger partial charge on any atom is 0.251 e. The van der Waals surface area contributed by atoms with E-state index in [4.69, 9.17) is 11.0 Å². The molecule has 1 aromatic rings. The highest BCUT2D eigenvalue weighted by atomic mass is 32.2. The quantitative estimate of drug-likeness (QED) is 0.644. The molecule has 3 N–H and O–H groups in total. The van der Waals surface area contributed by atoms with Gasteiger partial charge in [0.25, 0.3) is 5.56 Å².